The quantitative estimate of drug-likeness (QED) is 0.892. The maximum Gasteiger partial charge on any atom is 0.258 e. The summed E-state index contributed by atoms with van der Waals surface area (Å²) in [5.41, 5.74) is 7.84. The number of hydrogen-bond acceptors (Lipinski definition) is 7. The number of carbonyl (C=O) groups is 1. The van der Waals surface area contributed by atoms with E-state index in [9.17, 15) is 4.79 Å². The first kappa shape index (κ1) is 16.8. The van der Waals surface area contributed by atoms with E-state index in [1.165, 1.54) is 21.3 Å². The highest BCUT2D eigenvalue weighted by Crippen LogP contribution is 2.40. The predicted molar refractivity (Wildman–Crippen MR) is 91.0 cm³/mol. The fourth-order valence-electron chi connectivity index (χ4n) is 2.93. The lowest BCUT2D eigenvalue weighted by Gasteiger charge is -2.28. The van der Waals surface area contributed by atoms with Crippen molar-refractivity contribution in [3.8, 4) is 17.2 Å². The van der Waals surface area contributed by atoms with Crippen molar-refractivity contribution in [3.63, 3.8) is 0 Å². The molecule has 1 aromatic carbocycles. The first-order chi connectivity index (χ1) is 12.1. The average Bonchev–Trinajstić information content (AvgIpc) is 2.65. The number of nitrogen functional groups attached to an aromatic ring is 1. The zero-order valence-electron chi connectivity index (χ0n) is 14.4. The third-order valence-electron chi connectivity index (χ3n) is 4.19. The van der Waals surface area contributed by atoms with Crippen LogP contribution in [-0.2, 0) is 13.0 Å². The Labute approximate surface area is 145 Å². The van der Waals surface area contributed by atoms with E-state index in [4.69, 9.17) is 19.9 Å². The van der Waals surface area contributed by atoms with Crippen LogP contribution in [0.4, 0.5) is 5.95 Å². The number of anilines is 1. The van der Waals surface area contributed by atoms with Gasteiger partial charge in [0.1, 0.15) is 0 Å². The molecule has 0 radical (unpaired) electrons. The van der Waals surface area contributed by atoms with Gasteiger partial charge in [-0.15, -0.1) is 0 Å². The first-order valence-corrected chi connectivity index (χ1v) is 7.77. The van der Waals surface area contributed by atoms with E-state index in [0.717, 1.165) is 11.3 Å². The second-order valence-corrected chi connectivity index (χ2v) is 5.56. The number of methoxy groups -OCH3 is 3. The number of benzene rings is 1. The molecule has 2 N–H and O–H groups in total. The van der Waals surface area contributed by atoms with Gasteiger partial charge in [-0.1, -0.05) is 0 Å². The fraction of sp³-hybridized carbons (Fsp3) is 0.353. The zero-order valence-corrected chi connectivity index (χ0v) is 14.4. The molecular weight excluding hydrogens is 324 g/mol. The van der Waals surface area contributed by atoms with Gasteiger partial charge in [-0.05, 0) is 24.1 Å². The predicted octanol–water partition coefficient (Wildman–Crippen LogP) is 1.28. The van der Waals surface area contributed by atoms with Gasteiger partial charge in [-0.2, -0.15) is 0 Å². The van der Waals surface area contributed by atoms with Gasteiger partial charge in [-0.3, -0.25) is 4.79 Å². The number of nitrogens with two attached hydrogens (primary N) is 1. The van der Waals surface area contributed by atoms with Crippen molar-refractivity contribution >= 4 is 11.9 Å². The number of amides is 1. The minimum atomic E-state index is -0.166. The summed E-state index contributed by atoms with van der Waals surface area (Å²) >= 11 is 0. The molecule has 1 aliphatic heterocycles. The lowest BCUT2D eigenvalue weighted by atomic mass is 10.0. The Morgan fingerprint density at radius 3 is 2.60 bits per heavy atom. The standard InChI is InChI=1S/C17H20N4O4/c1-23-13-5-4-11(14(24-2)15(13)25-3)16(22)21-7-6-10-8-19-17(18)20-12(10)9-21/h4-5,8H,6-7,9H2,1-3H3,(H2,18,19,20). The minimum Gasteiger partial charge on any atom is -0.493 e. The van der Waals surface area contributed by atoms with Crippen LogP contribution in [0.2, 0.25) is 0 Å². The SMILES string of the molecule is COc1ccc(C(=O)N2CCc3cnc(N)nc3C2)c(OC)c1OC. The lowest BCUT2D eigenvalue weighted by molar-refractivity contribution is 0.0727. The van der Waals surface area contributed by atoms with Crippen LogP contribution >= 0.6 is 0 Å². The summed E-state index contributed by atoms with van der Waals surface area (Å²) in [7, 11) is 4.53. The molecule has 0 atom stereocenters. The number of aromatic nitrogens is 2. The molecule has 1 aliphatic rings. The van der Waals surface area contributed by atoms with Gasteiger partial charge in [0.25, 0.3) is 5.91 Å². The van der Waals surface area contributed by atoms with Crippen molar-refractivity contribution in [1.29, 1.82) is 0 Å². The molecule has 0 aliphatic carbocycles. The van der Waals surface area contributed by atoms with Gasteiger partial charge < -0.3 is 24.8 Å². The molecule has 8 nitrogen and oxygen atoms in total. The molecule has 1 aromatic heterocycles. The molecule has 0 spiro atoms. The summed E-state index contributed by atoms with van der Waals surface area (Å²) < 4.78 is 16.0. The Morgan fingerprint density at radius 1 is 1.16 bits per heavy atom. The third kappa shape index (κ3) is 3.02. The summed E-state index contributed by atoms with van der Waals surface area (Å²) in [4.78, 5) is 23.0. The van der Waals surface area contributed by atoms with E-state index in [1.54, 1.807) is 23.2 Å². The Kier molecular flexibility index (Phi) is 4.60. The van der Waals surface area contributed by atoms with Crippen molar-refractivity contribution in [2.24, 2.45) is 0 Å². The molecule has 2 aromatic rings. The van der Waals surface area contributed by atoms with E-state index in [2.05, 4.69) is 9.97 Å². The smallest absolute Gasteiger partial charge is 0.258 e. The van der Waals surface area contributed by atoms with Gasteiger partial charge in [0.05, 0.1) is 39.1 Å². The molecule has 0 saturated carbocycles. The largest absolute Gasteiger partial charge is 0.493 e. The Balaban J connectivity index is 1.94. The number of rotatable bonds is 4. The van der Waals surface area contributed by atoms with Crippen molar-refractivity contribution in [2.45, 2.75) is 13.0 Å². The molecule has 132 valence electrons. The van der Waals surface area contributed by atoms with Gasteiger partial charge in [0, 0.05) is 12.7 Å². The van der Waals surface area contributed by atoms with Crippen molar-refractivity contribution in [3.05, 3.63) is 35.2 Å². The first-order valence-electron chi connectivity index (χ1n) is 7.77. The topological polar surface area (TPSA) is 99.8 Å². The number of hydrogen-bond donors (Lipinski definition) is 1. The zero-order chi connectivity index (χ0) is 18.0. The molecule has 0 unspecified atom stereocenters. The Morgan fingerprint density at radius 2 is 1.92 bits per heavy atom. The Hall–Kier alpha value is -3.03. The second-order valence-electron chi connectivity index (χ2n) is 5.56. The maximum atomic E-state index is 13.0. The highest BCUT2D eigenvalue weighted by Gasteiger charge is 2.27. The molecule has 25 heavy (non-hydrogen) atoms. The highest BCUT2D eigenvalue weighted by atomic mass is 16.5. The third-order valence-corrected chi connectivity index (χ3v) is 4.19. The van der Waals surface area contributed by atoms with E-state index >= 15 is 0 Å². The summed E-state index contributed by atoms with van der Waals surface area (Å²) in [6, 6.07) is 3.36. The fourth-order valence-corrected chi connectivity index (χ4v) is 2.93. The minimum absolute atomic E-state index is 0.166. The van der Waals surface area contributed by atoms with Crippen LogP contribution in [0, 0.1) is 0 Å². The van der Waals surface area contributed by atoms with Gasteiger partial charge in [0.15, 0.2) is 11.5 Å². The summed E-state index contributed by atoms with van der Waals surface area (Å²) in [6.45, 7) is 0.939. The van der Waals surface area contributed by atoms with Crippen molar-refractivity contribution in [1.82, 2.24) is 14.9 Å². The number of fused-ring (bicyclic) bond motifs is 1. The lowest BCUT2D eigenvalue weighted by Crippen LogP contribution is -2.37. The van der Waals surface area contributed by atoms with Crippen molar-refractivity contribution < 1.29 is 19.0 Å². The molecule has 2 heterocycles. The van der Waals surface area contributed by atoms with Crippen molar-refractivity contribution in [2.75, 3.05) is 33.6 Å². The van der Waals surface area contributed by atoms with Crippen LogP contribution in [0.5, 0.6) is 17.2 Å². The molecule has 3 rings (SSSR count). The Bertz CT molecular complexity index is 809. The van der Waals surface area contributed by atoms with Gasteiger partial charge >= 0.3 is 0 Å². The monoisotopic (exact) mass is 344 g/mol. The highest BCUT2D eigenvalue weighted by molar-refractivity contribution is 5.98. The number of nitrogens with zero attached hydrogens (tertiary/aromatic N) is 3. The maximum absolute atomic E-state index is 13.0. The molecule has 8 heteroatoms. The summed E-state index contributed by atoms with van der Waals surface area (Å²) in [5, 5.41) is 0. The van der Waals surface area contributed by atoms with Crippen LogP contribution in [0.15, 0.2) is 18.3 Å². The van der Waals surface area contributed by atoms with Crippen LogP contribution in [-0.4, -0.2) is 48.6 Å². The van der Waals surface area contributed by atoms with Gasteiger partial charge in [0.2, 0.25) is 11.7 Å². The van der Waals surface area contributed by atoms with E-state index in [-0.39, 0.29) is 11.9 Å². The van der Waals surface area contributed by atoms with E-state index in [0.29, 0.717) is 42.3 Å². The molecule has 0 fully saturated rings. The normalized spacial score (nSPS) is 13.2. The summed E-state index contributed by atoms with van der Waals surface area (Å²) in [5.74, 6) is 1.28. The van der Waals surface area contributed by atoms with E-state index < -0.39 is 0 Å². The number of carbonyl (C=O) groups excluding carboxylic acids is 1. The van der Waals surface area contributed by atoms with Crippen LogP contribution in [0.25, 0.3) is 0 Å². The molecule has 0 saturated heterocycles. The van der Waals surface area contributed by atoms with Crippen LogP contribution in [0.1, 0.15) is 21.6 Å². The average molecular weight is 344 g/mol. The molecule has 0 bridgehead atoms. The summed E-state index contributed by atoms with van der Waals surface area (Å²) in [6.07, 6.45) is 2.40. The molecular formula is C17H20N4O4. The second kappa shape index (κ2) is 6.84. The van der Waals surface area contributed by atoms with E-state index in [1.807, 2.05) is 0 Å². The number of ether oxygens (including phenoxy) is 3. The van der Waals surface area contributed by atoms with Crippen LogP contribution < -0.4 is 19.9 Å². The molecule has 1 amide bonds. The van der Waals surface area contributed by atoms with Crippen LogP contribution in [0.3, 0.4) is 0 Å². The van der Waals surface area contributed by atoms with Gasteiger partial charge in [-0.25, -0.2) is 9.97 Å².